The molecule has 0 saturated heterocycles. The van der Waals surface area contributed by atoms with Gasteiger partial charge in [-0.2, -0.15) is 0 Å². The molecule has 26 heavy (non-hydrogen) atoms. The summed E-state index contributed by atoms with van der Waals surface area (Å²) in [5, 5.41) is 1.76. The lowest BCUT2D eigenvalue weighted by Gasteiger charge is -2.13. The van der Waals surface area contributed by atoms with Crippen LogP contribution in [-0.4, -0.2) is 30.2 Å². The van der Waals surface area contributed by atoms with Gasteiger partial charge >= 0.3 is 0 Å². The third-order valence-electron chi connectivity index (χ3n) is 4.65. The molecule has 0 bridgehead atoms. The van der Waals surface area contributed by atoms with Crippen LogP contribution in [0.25, 0.3) is 22.0 Å². The molecule has 3 aromatic rings. The Labute approximate surface area is 159 Å². The van der Waals surface area contributed by atoms with Crippen LogP contribution in [0.15, 0.2) is 42.5 Å². The fraction of sp³-hybridized carbons (Fsp3) is 0.333. The van der Waals surface area contributed by atoms with Gasteiger partial charge in [-0.1, -0.05) is 35.9 Å². The molecular formula is C21H25ClN3O+. The van der Waals surface area contributed by atoms with E-state index in [0.717, 1.165) is 44.4 Å². The van der Waals surface area contributed by atoms with Crippen molar-refractivity contribution in [2.24, 2.45) is 0 Å². The van der Waals surface area contributed by atoms with E-state index < -0.39 is 0 Å². The maximum absolute atomic E-state index is 13.2. The third kappa shape index (κ3) is 3.53. The van der Waals surface area contributed by atoms with Crippen LogP contribution in [0.2, 0.25) is 5.02 Å². The van der Waals surface area contributed by atoms with Crippen LogP contribution in [0.5, 0.6) is 0 Å². The highest BCUT2D eigenvalue weighted by molar-refractivity contribution is 6.30. The molecule has 0 atom stereocenters. The Kier molecular flexibility index (Phi) is 5.44. The van der Waals surface area contributed by atoms with Gasteiger partial charge in [0.15, 0.2) is 4.54 Å². The summed E-state index contributed by atoms with van der Waals surface area (Å²) < 4.78 is 2.88. The Bertz CT molecular complexity index is 1010. The number of benzene rings is 2. The largest absolute Gasteiger partial charge is 0.309 e. The lowest BCUT2D eigenvalue weighted by Crippen LogP contribution is -2.37. The topological polar surface area (TPSA) is 31.1 Å². The summed E-state index contributed by atoms with van der Waals surface area (Å²) in [6.07, 6.45) is 0.669. The molecular weight excluding hydrogens is 346 g/mol. The van der Waals surface area contributed by atoms with Crippen molar-refractivity contribution in [1.82, 2.24) is 9.58 Å². The van der Waals surface area contributed by atoms with Gasteiger partial charge in [0.25, 0.3) is 5.69 Å². The number of aromatic nitrogens is 2. The number of halogens is 1. The average molecular weight is 371 g/mol. The van der Waals surface area contributed by atoms with Gasteiger partial charge in [0.2, 0.25) is 0 Å². The van der Waals surface area contributed by atoms with Crippen molar-refractivity contribution in [1.29, 1.82) is 0 Å². The standard InChI is InChI=1S/C21H25ClN3O/c1-5-24-20-13-15(2)9-10-18(20)21(16-7-6-8-17(22)14-16)19(25(24)26)11-12-23(3)4/h6-10,13-14H,5,11-12H2,1-4H3/q+1. The van der Waals surface area contributed by atoms with E-state index in [-0.39, 0.29) is 0 Å². The van der Waals surface area contributed by atoms with Crippen LogP contribution >= 0.6 is 11.6 Å². The van der Waals surface area contributed by atoms with E-state index in [9.17, 15) is 4.91 Å². The number of rotatable bonds is 5. The minimum Gasteiger partial charge on any atom is -0.309 e. The minimum absolute atomic E-state index is 0.619. The molecule has 0 aliphatic heterocycles. The molecule has 0 spiro atoms. The first-order valence-corrected chi connectivity index (χ1v) is 9.29. The summed E-state index contributed by atoms with van der Waals surface area (Å²) in [5.41, 5.74) is 4.82. The number of aryl methyl sites for hydroxylation is 2. The summed E-state index contributed by atoms with van der Waals surface area (Å²) in [7, 11) is 4.04. The van der Waals surface area contributed by atoms with E-state index in [1.165, 1.54) is 0 Å². The summed E-state index contributed by atoms with van der Waals surface area (Å²) >= 11 is 6.25. The molecule has 4 nitrogen and oxygen atoms in total. The van der Waals surface area contributed by atoms with E-state index in [2.05, 4.69) is 23.1 Å². The highest BCUT2D eigenvalue weighted by Gasteiger charge is 2.25. The quantitative estimate of drug-likeness (QED) is 0.627. The Hall–Kier alpha value is -2.17. The van der Waals surface area contributed by atoms with Gasteiger partial charge in [-0.05, 0) is 57.3 Å². The molecule has 0 saturated carbocycles. The molecule has 5 heteroatoms. The van der Waals surface area contributed by atoms with Crippen LogP contribution in [0, 0.1) is 11.8 Å². The van der Waals surface area contributed by atoms with E-state index in [1.54, 1.807) is 4.68 Å². The van der Waals surface area contributed by atoms with E-state index in [0.29, 0.717) is 18.0 Å². The fourth-order valence-electron chi connectivity index (χ4n) is 3.38. The lowest BCUT2D eigenvalue weighted by molar-refractivity contribution is -0.602. The van der Waals surface area contributed by atoms with Crippen LogP contribution in [0.1, 0.15) is 18.2 Å². The van der Waals surface area contributed by atoms with Gasteiger partial charge in [0, 0.05) is 17.0 Å². The van der Waals surface area contributed by atoms with Crippen LogP contribution < -0.4 is 4.54 Å². The molecule has 0 aliphatic rings. The van der Waals surface area contributed by atoms with E-state index in [4.69, 9.17) is 11.6 Å². The first-order chi connectivity index (χ1) is 12.4. The maximum Gasteiger partial charge on any atom is 0.279 e. The van der Waals surface area contributed by atoms with Crippen molar-refractivity contribution in [2.45, 2.75) is 26.8 Å². The Balaban J connectivity index is 2.41. The Morgan fingerprint density at radius 3 is 2.58 bits per heavy atom. The van der Waals surface area contributed by atoms with E-state index >= 15 is 0 Å². The van der Waals surface area contributed by atoms with Gasteiger partial charge < -0.3 is 4.90 Å². The van der Waals surface area contributed by atoms with Crippen molar-refractivity contribution in [3.63, 3.8) is 0 Å². The highest BCUT2D eigenvalue weighted by atomic mass is 35.5. The molecule has 0 unspecified atom stereocenters. The zero-order valence-corrected chi connectivity index (χ0v) is 16.5. The number of hydrogen-bond donors (Lipinski definition) is 0. The van der Waals surface area contributed by atoms with Gasteiger partial charge in [0.1, 0.15) is 5.52 Å². The average Bonchev–Trinajstić information content (AvgIpc) is 2.59. The predicted molar refractivity (Wildman–Crippen MR) is 108 cm³/mol. The molecule has 1 aromatic heterocycles. The van der Waals surface area contributed by atoms with Gasteiger partial charge in [-0.15, -0.1) is 4.68 Å². The Morgan fingerprint density at radius 1 is 1.15 bits per heavy atom. The van der Waals surface area contributed by atoms with Gasteiger partial charge in [-0.3, -0.25) is 0 Å². The smallest absolute Gasteiger partial charge is 0.279 e. The molecule has 0 radical (unpaired) electrons. The molecule has 3 rings (SSSR count). The third-order valence-corrected chi connectivity index (χ3v) is 4.88. The first-order valence-electron chi connectivity index (χ1n) is 8.92. The second-order valence-corrected chi connectivity index (χ2v) is 7.33. The SMILES string of the molecule is CCn1c2cc(C)ccc2c(-c2cccc(Cl)c2)c(CCN(C)C)[n+]1=O. The number of likely N-dealkylation sites (N-methyl/N-ethyl adjacent to an activating group) is 1. The zero-order chi connectivity index (χ0) is 18.8. The van der Waals surface area contributed by atoms with Crippen LogP contribution in [0.3, 0.4) is 0 Å². The number of nitrogens with zero attached hydrogens (tertiary/aromatic N) is 3. The summed E-state index contributed by atoms with van der Waals surface area (Å²) in [5.74, 6) is 0. The second kappa shape index (κ2) is 7.60. The molecule has 0 fully saturated rings. The van der Waals surface area contributed by atoms with E-state index in [1.807, 2.05) is 52.2 Å². The number of fused-ring (bicyclic) bond motifs is 1. The minimum atomic E-state index is 0.619. The summed E-state index contributed by atoms with van der Waals surface area (Å²) in [4.78, 5) is 15.3. The molecule has 2 aromatic carbocycles. The molecule has 136 valence electrons. The normalized spacial score (nSPS) is 11.5. The van der Waals surface area contributed by atoms with Crippen LogP contribution in [0.4, 0.5) is 0 Å². The second-order valence-electron chi connectivity index (χ2n) is 6.89. The van der Waals surface area contributed by atoms with Crippen molar-refractivity contribution >= 4 is 22.5 Å². The molecule has 0 amide bonds. The van der Waals surface area contributed by atoms with Crippen molar-refractivity contribution in [2.75, 3.05) is 20.6 Å². The van der Waals surface area contributed by atoms with Gasteiger partial charge in [-0.25, -0.2) is 0 Å². The van der Waals surface area contributed by atoms with Crippen molar-refractivity contribution in [3.8, 4) is 11.1 Å². The monoisotopic (exact) mass is 370 g/mol. The number of hydrogen-bond acceptors (Lipinski definition) is 2. The highest BCUT2D eigenvalue weighted by Crippen LogP contribution is 2.32. The maximum atomic E-state index is 13.2. The van der Waals surface area contributed by atoms with Gasteiger partial charge in [0.05, 0.1) is 23.4 Å². The summed E-state index contributed by atoms with van der Waals surface area (Å²) in [6, 6.07) is 14.0. The first kappa shape index (κ1) is 18.6. The Morgan fingerprint density at radius 2 is 1.92 bits per heavy atom. The molecule has 0 N–H and O–H groups in total. The molecule has 0 aliphatic carbocycles. The van der Waals surface area contributed by atoms with Crippen molar-refractivity contribution < 1.29 is 4.54 Å². The fourth-order valence-corrected chi connectivity index (χ4v) is 3.57. The summed E-state index contributed by atoms with van der Waals surface area (Å²) in [6.45, 7) is 5.48. The zero-order valence-electron chi connectivity index (χ0n) is 15.8. The lowest BCUT2D eigenvalue weighted by atomic mass is 9.97. The predicted octanol–water partition coefficient (Wildman–Crippen LogP) is 4.31. The molecule has 1 heterocycles. The van der Waals surface area contributed by atoms with Crippen molar-refractivity contribution in [3.05, 3.63) is 63.7 Å². The van der Waals surface area contributed by atoms with Crippen LogP contribution in [-0.2, 0) is 13.0 Å².